The molecule has 9 heteroatoms. The number of aromatic hydroxyl groups is 1. The molecule has 1 amide bonds. The van der Waals surface area contributed by atoms with Crippen LogP contribution in [-0.2, 0) is 15.7 Å². The molecule has 1 atom stereocenters. The van der Waals surface area contributed by atoms with Gasteiger partial charge in [-0.2, -0.15) is 0 Å². The largest absolute Gasteiger partial charge is 0.507 e. The van der Waals surface area contributed by atoms with Crippen LogP contribution in [0.25, 0.3) is 0 Å². The fraction of sp³-hybridized carbons (Fsp3) is 0.364. The van der Waals surface area contributed by atoms with Gasteiger partial charge in [-0.3, -0.25) is 9.59 Å². The van der Waals surface area contributed by atoms with E-state index >= 15 is 0 Å². The normalized spacial score (nSPS) is 11.0. The maximum atomic E-state index is 13.0. The average molecular weight is 575 g/mol. The van der Waals surface area contributed by atoms with E-state index in [4.69, 9.17) is 9.47 Å². The van der Waals surface area contributed by atoms with Crippen LogP contribution in [0.5, 0.6) is 17.2 Å². The van der Waals surface area contributed by atoms with Gasteiger partial charge in [0.2, 0.25) is 0 Å². The third-order valence-electron chi connectivity index (χ3n) is 4.26. The molecule has 0 bridgehead atoms. The summed E-state index contributed by atoms with van der Waals surface area (Å²) in [6, 6.07) is 8.48. The molecule has 0 saturated heterocycles. The highest BCUT2D eigenvalue weighted by Gasteiger charge is 2.22. The summed E-state index contributed by atoms with van der Waals surface area (Å²) in [6.07, 6.45) is 1.63. The lowest BCUT2D eigenvalue weighted by atomic mass is 10.1. The Bertz CT molecular complexity index is 915. The number of ether oxygens (including phenoxy) is 2. The van der Waals surface area contributed by atoms with Crippen molar-refractivity contribution >= 4 is 52.3 Å². The van der Waals surface area contributed by atoms with E-state index in [0.29, 0.717) is 24.5 Å². The molecule has 0 spiro atoms. The fourth-order valence-electron chi connectivity index (χ4n) is 2.94. The topological polar surface area (TPSA) is 76.1 Å². The van der Waals surface area contributed by atoms with Crippen LogP contribution in [0.4, 0.5) is 0 Å². The van der Waals surface area contributed by atoms with Crippen molar-refractivity contribution < 1.29 is 24.2 Å². The molecule has 0 fully saturated rings. The van der Waals surface area contributed by atoms with Gasteiger partial charge in [0.25, 0.3) is 5.91 Å². The molecule has 0 aliphatic carbocycles. The molecule has 0 aliphatic rings. The molecule has 0 aromatic heterocycles. The lowest BCUT2D eigenvalue weighted by Crippen LogP contribution is -2.37. The van der Waals surface area contributed by atoms with Crippen molar-refractivity contribution in [2.75, 3.05) is 26.4 Å². The standard InChI is InChI=1S/C22H26Br2NO5P/c1-4-8-25(12-20(27)29-5-2)22(28)16-11-15(6-7-19(16)26)30-21-17(23)9-14(13-31-3)10-18(21)24/h6-7,9-11,26,31H,4-5,8,12-13H2,1-3H3. The Hall–Kier alpha value is -1.63. The van der Waals surface area contributed by atoms with Crippen LogP contribution in [0.2, 0.25) is 0 Å². The molecule has 168 valence electrons. The number of rotatable bonds is 10. The zero-order chi connectivity index (χ0) is 23.0. The number of carbonyl (C=O) groups is 2. The summed E-state index contributed by atoms with van der Waals surface area (Å²) < 4.78 is 12.5. The molecule has 2 aromatic carbocycles. The minimum Gasteiger partial charge on any atom is -0.507 e. The Kier molecular flexibility index (Phi) is 10.3. The molecule has 0 saturated carbocycles. The van der Waals surface area contributed by atoms with E-state index in [1.165, 1.54) is 22.6 Å². The molecule has 1 N–H and O–H groups in total. The van der Waals surface area contributed by atoms with Crippen molar-refractivity contribution in [2.45, 2.75) is 26.4 Å². The van der Waals surface area contributed by atoms with Crippen molar-refractivity contribution in [3.8, 4) is 17.2 Å². The lowest BCUT2D eigenvalue weighted by Gasteiger charge is -2.22. The highest BCUT2D eigenvalue weighted by Crippen LogP contribution is 2.39. The molecular weight excluding hydrogens is 549 g/mol. The van der Waals surface area contributed by atoms with Crippen molar-refractivity contribution in [1.29, 1.82) is 0 Å². The van der Waals surface area contributed by atoms with Crippen LogP contribution in [0.3, 0.4) is 0 Å². The molecule has 0 radical (unpaired) electrons. The van der Waals surface area contributed by atoms with Crippen molar-refractivity contribution in [2.24, 2.45) is 0 Å². The van der Waals surface area contributed by atoms with E-state index in [1.54, 1.807) is 13.0 Å². The summed E-state index contributed by atoms with van der Waals surface area (Å²) in [5.74, 6) is -0.170. The summed E-state index contributed by atoms with van der Waals surface area (Å²) >= 11 is 7.09. The number of amides is 1. The quantitative estimate of drug-likeness (QED) is 0.281. The first kappa shape index (κ1) is 25.6. The van der Waals surface area contributed by atoms with Crippen molar-refractivity contribution in [3.63, 3.8) is 0 Å². The van der Waals surface area contributed by atoms with Crippen LogP contribution in [0.15, 0.2) is 39.3 Å². The van der Waals surface area contributed by atoms with E-state index in [0.717, 1.165) is 23.7 Å². The summed E-state index contributed by atoms with van der Waals surface area (Å²) in [7, 11) is 0.801. The minimum atomic E-state index is -0.489. The van der Waals surface area contributed by atoms with E-state index in [9.17, 15) is 14.7 Å². The lowest BCUT2D eigenvalue weighted by molar-refractivity contribution is -0.143. The number of hydrogen-bond acceptors (Lipinski definition) is 5. The molecular formula is C22H26Br2NO5P. The van der Waals surface area contributed by atoms with Gasteiger partial charge in [-0.25, -0.2) is 0 Å². The number of carbonyl (C=O) groups excluding carboxylic acids is 2. The SMILES string of the molecule is CCCN(CC(=O)OCC)C(=O)c1cc(Oc2c(Br)cc(CPC)cc2Br)ccc1O. The number of phenols is 1. The zero-order valence-electron chi connectivity index (χ0n) is 17.7. The highest BCUT2D eigenvalue weighted by atomic mass is 79.9. The molecule has 0 heterocycles. The number of esters is 1. The molecule has 0 aliphatic heterocycles. The number of nitrogens with zero attached hydrogens (tertiary/aromatic N) is 1. The molecule has 2 rings (SSSR count). The Morgan fingerprint density at radius 1 is 1.13 bits per heavy atom. The van der Waals surface area contributed by atoms with Gasteiger partial charge in [0.1, 0.15) is 18.0 Å². The van der Waals surface area contributed by atoms with Crippen LogP contribution in [0, 0.1) is 0 Å². The van der Waals surface area contributed by atoms with Gasteiger partial charge in [-0.05, 0) is 93.9 Å². The van der Waals surface area contributed by atoms with Gasteiger partial charge < -0.3 is 19.5 Å². The van der Waals surface area contributed by atoms with Gasteiger partial charge in [-0.15, -0.1) is 8.58 Å². The van der Waals surface area contributed by atoms with E-state index in [-0.39, 0.29) is 24.5 Å². The maximum absolute atomic E-state index is 13.0. The van der Waals surface area contributed by atoms with Gasteiger partial charge in [0.15, 0.2) is 5.75 Å². The van der Waals surface area contributed by atoms with Gasteiger partial charge >= 0.3 is 5.97 Å². The van der Waals surface area contributed by atoms with E-state index in [1.807, 2.05) is 19.1 Å². The minimum absolute atomic E-state index is 0.0614. The summed E-state index contributed by atoms with van der Waals surface area (Å²) in [4.78, 5) is 26.3. The van der Waals surface area contributed by atoms with Crippen LogP contribution in [0.1, 0.15) is 36.2 Å². The van der Waals surface area contributed by atoms with E-state index in [2.05, 4.69) is 38.5 Å². The number of halogens is 2. The molecule has 31 heavy (non-hydrogen) atoms. The third-order valence-corrected chi connectivity index (χ3v) is 6.20. The number of phenolic OH excluding ortho intramolecular Hbond substituents is 1. The average Bonchev–Trinajstić information content (AvgIpc) is 2.71. The van der Waals surface area contributed by atoms with Crippen LogP contribution >= 0.6 is 40.4 Å². The maximum Gasteiger partial charge on any atom is 0.325 e. The van der Waals surface area contributed by atoms with Gasteiger partial charge in [0, 0.05) is 6.54 Å². The first-order valence-electron chi connectivity index (χ1n) is 9.88. The number of benzene rings is 2. The first-order valence-corrected chi connectivity index (χ1v) is 13.2. The Morgan fingerprint density at radius 2 is 1.81 bits per heavy atom. The first-order chi connectivity index (χ1) is 14.8. The monoisotopic (exact) mass is 573 g/mol. The van der Waals surface area contributed by atoms with Crippen LogP contribution in [-0.4, -0.2) is 48.2 Å². The van der Waals surface area contributed by atoms with Crippen molar-refractivity contribution in [3.05, 3.63) is 50.4 Å². The fourth-order valence-corrected chi connectivity index (χ4v) is 4.99. The highest BCUT2D eigenvalue weighted by molar-refractivity contribution is 9.11. The second-order valence-corrected chi connectivity index (χ2v) is 9.50. The summed E-state index contributed by atoms with van der Waals surface area (Å²) in [5, 5.41) is 10.3. The second kappa shape index (κ2) is 12.4. The Balaban J connectivity index is 2.30. The Morgan fingerprint density at radius 3 is 2.39 bits per heavy atom. The zero-order valence-corrected chi connectivity index (χ0v) is 21.9. The smallest absolute Gasteiger partial charge is 0.325 e. The predicted octanol–water partition coefficient (Wildman–Crippen LogP) is 5.93. The van der Waals surface area contributed by atoms with Gasteiger partial charge in [0.05, 0.1) is 21.1 Å². The predicted molar refractivity (Wildman–Crippen MR) is 131 cm³/mol. The van der Waals surface area contributed by atoms with E-state index < -0.39 is 11.9 Å². The molecule has 6 nitrogen and oxygen atoms in total. The third kappa shape index (κ3) is 7.19. The second-order valence-electron chi connectivity index (χ2n) is 6.73. The summed E-state index contributed by atoms with van der Waals surface area (Å²) in [5.41, 5.74) is 1.24. The molecule has 2 aromatic rings. The van der Waals surface area contributed by atoms with Gasteiger partial charge in [-0.1, -0.05) is 6.92 Å². The van der Waals surface area contributed by atoms with Crippen molar-refractivity contribution in [1.82, 2.24) is 4.90 Å². The molecule has 1 unspecified atom stereocenters. The number of hydrogen-bond donors (Lipinski definition) is 1. The van der Waals surface area contributed by atoms with Crippen LogP contribution < -0.4 is 4.74 Å². The Labute approximate surface area is 201 Å². The summed E-state index contributed by atoms with van der Waals surface area (Å²) in [6.45, 7) is 6.18.